The van der Waals surface area contributed by atoms with Crippen LogP contribution >= 0.6 is 12.2 Å². The van der Waals surface area contributed by atoms with Crippen molar-refractivity contribution in [1.82, 2.24) is 14.6 Å². The Morgan fingerprint density at radius 1 is 1.25 bits per heavy atom. The molecule has 0 aliphatic carbocycles. The Labute approximate surface area is 122 Å². The molecule has 0 radical (unpaired) electrons. The highest BCUT2D eigenvalue weighted by molar-refractivity contribution is 7.71. The van der Waals surface area contributed by atoms with Crippen molar-refractivity contribution < 1.29 is 4.74 Å². The van der Waals surface area contributed by atoms with Crippen LogP contribution in [0.25, 0.3) is 16.9 Å². The molecule has 0 bridgehead atoms. The molecule has 0 saturated heterocycles. The number of fused-ring (bicyclic) bond motifs is 1. The van der Waals surface area contributed by atoms with Gasteiger partial charge in [0.2, 0.25) is 0 Å². The number of ether oxygens (including phenoxy) is 1. The zero-order valence-electron chi connectivity index (χ0n) is 11.4. The number of rotatable bonds is 3. The summed E-state index contributed by atoms with van der Waals surface area (Å²) in [4.78, 5) is 4.57. The Hall–Kier alpha value is -2.14. The summed E-state index contributed by atoms with van der Waals surface area (Å²) in [5.41, 5.74) is 3.92. The summed E-state index contributed by atoms with van der Waals surface area (Å²) in [7, 11) is 1.66. The van der Waals surface area contributed by atoms with Crippen molar-refractivity contribution in [2.24, 2.45) is 0 Å². The van der Waals surface area contributed by atoms with Gasteiger partial charge in [-0.05, 0) is 42.3 Å². The van der Waals surface area contributed by atoms with Crippen LogP contribution in [0.4, 0.5) is 0 Å². The molecule has 20 heavy (non-hydrogen) atoms. The van der Waals surface area contributed by atoms with Crippen LogP contribution in [0.15, 0.2) is 36.4 Å². The summed E-state index contributed by atoms with van der Waals surface area (Å²) in [5.74, 6) is 0.841. The first-order valence-corrected chi connectivity index (χ1v) is 6.88. The molecule has 0 aliphatic rings. The second-order valence-corrected chi connectivity index (χ2v) is 4.95. The van der Waals surface area contributed by atoms with Crippen LogP contribution in [0.1, 0.15) is 12.6 Å². The Bertz CT molecular complexity index is 802. The van der Waals surface area contributed by atoms with Crippen LogP contribution in [0.3, 0.4) is 0 Å². The lowest BCUT2D eigenvalue weighted by Gasteiger charge is -2.01. The second-order valence-electron chi connectivity index (χ2n) is 4.53. The van der Waals surface area contributed by atoms with Gasteiger partial charge in [-0.2, -0.15) is 0 Å². The highest BCUT2D eigenvalue weighted by Crippen LogP contribution is 2.22. The number of hydrogen-bond donors (Lipinski definition) is 1. The van der Waals surface area contributed by atoms with E-state index in [1.807, 2.05) is 40.9 Å². The zero-order chi connectivity index (χ0) is 14.1. The average molecular weight is 285 g/mol. The van der Waals surface area contributed by atoms with Crippen LogP contribution in [-0.4, -0.2) is 21.7 Å². The number of aryl methyl sites for hydroxylation is 1. The predicted molar refractivity (Wildman–Crippen MR) is 81.7 cm³/mol. The topological polar surface area (TPSA) is 42.3 Å². The van der Waals surface area contributed by atoms with E-state index in [1.165, 1.54) is 0 Å². The third-order valence-electron chi connectivity index (χ3n) is 3.27. The fourth-order valence-corrected chi connectivity index (χ4v) is 2.42. The van der Waals surface area contributed by atoms with Gasteiger partial charge in [-0.3, -0.25) is 5.10 Å². The van der Waals surface area contributed by atoms with Crippen molar-refractivity contribution in [1.29, 1.82) is 0 Å². The minimum absolute atomic E-state index is 0.742. The van der Waals surface area contributed by atoms with Gasteiger partial charge in [0.05, 0.1) is 12.8 Å². The first-order valence-electron chi connectivity index (χ1n) is 6.47. The average Bonchev–Trinajstić information content (AvgIpc) is 2.92. The van der Waals surface area contributed by atoms with E-state index >= 15 is 0 Å². The molecule has 2 aromatic heterocycles. The third-order valence-corrected chi connectivity index (χ3v) is 3.57. The Kier molecular flexibility index (Phi) is 3.28. The van der Waals surface area contributed by atoms with Gasteiger partial charge in [0.15, 0.2) is 5.65 Å². The van der Waals surface area contributed by atoms with Crippen LogP contribution < -0.4 is 4.74 Å². The van der Waals surface area contributed by atoms with Crippen molar-refractivity contribution in [3.63, 3.8) is 0 Å². The second kappa shape index (κ2) is 5.09. The fourth-order valence-electron chi connectivity index (χ4n) is 2.14. The van der Waals surface area contributed by atoms with E-state index in [4.69, 9.17) is 17.0 Å². The highest BCUT2D eigenvalue weighted by atomic mass is 32.1. The molecular weight excluding hydrogens is 270 g/mol. The Balaban J connectivity index is 2.12. The van der Waals surface area contributed by atoms with Crippen LogP contribution in [-0.2, 0) is 6.42 Å². The number of nitrogens with one attached hydrogen (secondary N) is 1. The van der Waals surface area contributed by atoms with Gasteiger partial charge < -0.3 is 4.74 Å². The summed E-state index contributed by atoms with van der Waals surface area (Å²) in [6.45, 7) is 2.07. The molecular formula is C15H15N3OS. The largest absolute Gasteiger partial charge is 0.497 e. The molecule has 0 aliphatic heterocycles. The van der Waals surface area contributed by atoms with Gasteiger partial charge in [-0.15, -0.1) is 0 Å². The van der Waals surface area contributed by atoms with E-state index in [-0.39, 0.29) is 0 Å². The van der Waals surface area contributed by atoms with Gasteiger partial charge in [-0.1, -0.05) is 19.1 Å². The zero-order valence-corrected chi connectivity index (χ0v) is 12.2. The fraction of sp³-hybridized carbons (Fsp3) is 0.200. The number of benzene rings is 1. The maximum absolute atomic E-state index is 5.38. The minimum atomic E-state index is 0.742. The molecule has 5 heteroatoms. The standard InChI is InChI=1S/C15H15N3OS/c1-3-11-8-15(20)18-14(16-11)9-13(17-18)10-4-6-12(19-2)7-5-10/h4-9,17H,3H2,1-2H3. The molecule has 3 rings (SSSR count). The van der Waals surface area contributed by atoms with E-state index in [2.05, 4.69) is 17.0 Å². The van der Waals surface area contributed by atoms with Gasteiger partial charge in [0, 0.05) is 11.8 Å². The summed E-state index contributed by atoms with van der Waals surface area (Å²) in [5, 5.41) is 3.28. The molecule has 4 nitrogen and oxygen atoms in total. The lowest BCUT2D eigenvalue weighted by molar-refractivity contribution is 0.415. The quantitative estimate of drug-likeness (QED) is 0.747. The van der Waals surface area contributed by atoms with Crippen molar-refractivity contribution in [3.8, 4) is 17.0 Å². The molecule has 0 amide bonds. The smallest absolute Gasteiger partial charge is 0.155 e. The number of hydrogen-bond acceptors (Lipinski definition) is 3. The van der Waals surface area contributed by atoms with E-state index < -0.39 is 0 Å². The van der Waals surface area contributed by atoms with Gasteiger partial charge in [-0.25, -0.2) is 9.50 Å². The van der Waals surface area contributed by atoms with Crippen molar-refractivity contribution >= 4 is 17.9 Å². The lowest BCUT2D eigenvalue weighted by Crippen LogP contribution is -1.95. The molecule has 1 aromatic carbocycles. The molecule has 0 fully saturated rings. The molecule has 102 valence electrons. The van der Waals surface area contributed by atoms with Crippen molar-refractivity contribution in [2.45, 2.75) is 13.3 Å². The molecule has 0 atom stereocenters. The first kappa shape index (κ1) is 12.9. The Morgan fingerprint density at radius 3 is 2.65 bits per heavy atom. The summed E-state index contributed by atoms with van der Waals surface area (Å²) in [6.07, 6.45) is 0.878. The van der Waals surface area contributed by atoms with Crippen molar-refractivity contribution in [2.75, 3.05) is 7.11 Å². The summed E-state index contributed by atoms with van der Waals surface area (Å²) in [6, 6.07) is 11.8. The van der Waals surface area contributed by atoms with Crippen LogP contribution in [0.2, 0.25) is 0 Å². The number of aromatic amines is 1. The van der Waals surface area contributed by atoms with E-state index in [0.717, 1.165) is 39.4 Å². The minimum Gasteiger partial charge on any atom is -0.497 e. The maximum atomic E-state index is 5.38. The lowest BCUT2D eigenvalue weighted by atomic mass is 10.1. The van der Waals surface area contributed by atoms with Crippen molar-refractivity contribution in [3.05, 3.63) is 46.7 Å². The van der Waals surface area contributed by atoms with Crippen LogP contribution in [0, 0.1) is 4.64 Å². The number of H-pyrrole nitrogens is 1. The molecule has 0 unspecified atom stereocenters. The van der Waals surface area contributed by atoms with E-state index in [9.17, 15) is 0 Å². The molecule has 3 aromatic rings. The van der Waals surface area contributed by atoms with E-state index in [1.54, 1.807) is 7.11 Å². The highest BCUT2D eigenvalue weighted by Gasteiger charge is 2.06. The SMILES string of the molecule is CCc1cc(=S)n2[nH]c(-c3ccc(OC)cc3)cc2n1. The van der Waals surface area contributed by atoms with Crippen LogP contribution in [0.5, 0.6) is 5.75 Å². The maximum Gasteiger partial charge on any atom is 0.155 e. The third kappa shape index (κ3) is 2.20. The summed E-state index contributed by atoms with van der Waals surface area (Å²) < 4.78 is 7.74. The number of methoxy groups -OCH3 is 1. The van der Waals surface area contributed by atoms with E-state index in [0.29, 0.717) is 0 Å². The predicted octanol–water partition coefficient (Wildman–Crippen LogP) is 3.63. The molecule has 0 spiro atoms. The first-order chi connectivity index (χ1) is 9.71. The molecule has 2 heterocycles. The summed E-state index contributed by atoms with van der Waals surface area (Å²) >= 11 is 5.38. The van der Waals surface area contributed by atoms with Gasteiger partial charge >= 0.3 is 0 Å². The molecule has 0 saturated carbocycles. The number of aromatic nitrogens is 3. The van der Waals surface area contributed by atoms with Gasteiger partial charge in [0.25, 0.3) is 0 Å². The normalized spacial score (nSPS) is 10.9. The van der Waals surface area contributed by atoms with Gasteiger partial charge in [0.1, 0.15) is 10.4 Å². The Morgan fingerprint density at radius 2 is 2.00 bits per heavy atom. The monoisotopic (exact) mass is 285 g/mol. The molecule has 1 N–H and O–H groups in total. The number of nitrogens with zero attached hydrogens (tertiary/aromatic N) is 2.